The molecule has 244 valence electrons. The number of fused-ring (bicyclic) bond motifs is 2. The predicted molar refractivity (Wildman–Crippen MR) is 177 cm³/mol. The third kappa shape index (κ3) is 6.11. The minimum Gasteiger partial charge on any atom is -0.496 e. The summed E-state index contributed by atoms with van der Waals surface area (Å²) in [7, 11) is 3.30. The first kappa shape index (κ1) is 33.1. The molecule has 5 rings (SSSR count). The number of hydrogen-bond donors (Lipinski definition) is 2. The molecule has 2 saturated heterocycles. The number of para-hydroxylation sites is 1. The van der Waals surface area contributed by atoms with Crippen LogP contribution in [-0.4, -0.2) is 96.4 Å². The summed E-state index contributed by atoms with van der Waals surface area (Å²) in [5, 5.41) is 8.08. The Balaban J connectivity index is 1.55. The van der Waals surface area contributed by atoms with Crippen LogP contribution >= 0.6 is 0 Å². The highest BCUT2D eigenvalue weighted by molar-refractivity contribution is 5.93. The van der Waals surface area contributed by atoms with Crippen LogP contribution in [0.2, 0.25) is 0 Å². The van der Waals surface area contributed by atoms with E-state index >= 15 is 0 Å². The summed E-state index contributed by atoms with van der Waals surface area (Å²) < 4.78 is 5.56. The van der Waals surface area contributed by atoms with Gasteiger partial charge in [0.15, 0.2) is 11.9 Å². The molecule has 0 aliphatic carbocycles. The normalized spacial score (nSPS) is 20.7. The van der Waals surface area contributed by atoms with Gasteiger partial charge in [-0.05, 0) is 48.4 Å². The summed E-state index contributed by atoms with van der Waals surface area (Å²) in [6, 6.07) is 20.5. The fraction of sp³-hybridized carbons (Fsp3) is 0.444. The van der Waals surface area contributed by atoms with Gasteiger partial charge in [-0.15, -0.1) is 0 Å². The summed E-state index contributed by atoms with van der Waals surface area (Å²) in [6.07, 6.45) is 0.978. The lowest BCUT2D eigenvalue weighted by Gasteiger charge is -2.52. The molecular weight excluding hydrogens is 582 g/mol. The number of carbonyl (C=O) groups is 4. The molecule has 10 nitrogen and oxygen atoms in total. The van der Waals surface area contributed by atoms with Crippen molar-refractivity contribution in [1.82, 2.24) is 25.3 Å². The second-order valence-electron chi connectivity index (χ2n) is 13.3. The number of likely N-dealkylation sites (N-methyl/N-ethyl adjacent to an activating group) is 1. The van der Waals surface area contributed by atoms with Gasteiger partial charge in [-0.25, -0.2) is 4.90 Å². The molecule has 3 amide bonds. The number of ether oxygens (including phenoxy) is 1. The van der Waals surface area contributed by atoms with Gasteiger partial charge < -0.3 is 25.2 Å². The Labute approximate surface area is 271 Å². The second kappa shape index (κ2) is 13.2. The van der Waals surface area contributed by atoms with E-state index in [1.54, 1.807) is 35.8 Å². The third-order valence-electron chi connectivity index (χ3n) is 9.58. The second-order valence-corrected chi connectivity index (χ2v) is 13.3. The molecule has 0 unspecified atom stereocenters. The summed E-state index contributed by atoms with van der Waals surface area (Å²) in [5.74, 6) is -0.00851. The Hall–Kier alpha value is -4.28. The van der Waals surface area contributed by atoms with Crippen molar-refractivity contribution in [3.05, 3.63) is 77.9 Å². The number of amides is 3. The molecule has 0 bridgehead atoms. The van der Waals surface area contributed by atoms with E-state index < -0.39 is 29.3 Å². The summed E-state index contributed by atoms with van der Waals surface area (Å²) >= 11 is 0. The lowest BCUT2D eigenvalue weighted by Crippen LogP contribution is -2.74. The molecule has 46 heavy (non-hydrogen) atoms. The first-order valence-corrected chi connectivity index (χ1v) is 15.9. The molecule has 0 spiro atoms. The highest BCUT2D eigenvalue weighted by atomic mass is 16.5. The van der Waals surface area contributed by atoms with Crippen LogP contribution in [0.25, 0.3) is 10.8 Å². The highest BCUT2D eigenvalue weighted by Crippen LogP contribution is 2.39. The maximum Gasteiger partial charge on any atom is 0.245 e. The minimum absolute atomic E-state index is 0.114. The lowest BCUT2D eigenvalue weighted by molar-refractivity contribution is -0.160. The highest BCUT2D eigenvalue weighted by Gasteiger charge is 2.59. The predicted octanol–water partition coefficient (Wildman–Crippen LogP) is 2.98. The van der Waals surface area contributed by atoms with Crippen LogP contribution in [0.3, 0.4) is 0 Å². The number of hydrogen-bond acceptors (Lipinski definition) is 7. The van der Waals surface area contributed by atoms with Crippen LogP contribution in [0, 0.1) is 5.41 Å². The first-order chi connectivity index (χ1) is 21.9. The zero-order chi connectivity index (χ0) is 33.2. The van der Waals surface area contributed by atoms with Crippen LogP contribution < -0.4 is 15.4 Å². The number of rotatable bonds is 11. The van der Waals surface area contributed by atoms with Crippen molar-refractivity contribution in [3.63, 3.8) is 0 Å². The van der Waals surface area contributed by atoms with E-state index in [1.165, 1.54) is 0 Å². The summed E-state index contributed by atoms with van der Waals surface area (Å²) in [4.78, 5) is 60.0. The van der Waals surface area contributed by atoms with Gasteiger partial charge in [-0.1, -0.05) is 81.4 Å². The number of nitrogens with one attached hydrogen (secondary N) is 2. The van der Waals surface area contributed by atoms with Crippen molar-refractivity contribution in [2.24, 2.45) is 5.41 Å². The summed E-state index contributed by atoms with van der Waals surface area (Å²) in [6.45, 7) is 7.81. The van der Waals surface area contributed by atoms with Crippen LogP contribution in [0.4, 0.5) is 0 Å². The van der Waals surface area contributed by atoms with Gasteiger partial charge in [-0.3, -0.25) is 19.2 Å². The SMILES string of the molecule is CN[C@@H](C)C(=O)N[C@](C=O)(N1CC(=O)N2[C@@H](Cc3ccc4ccccc4c3)C(=O)N(CCc3ccccc3OC)C[C@@H]21)C(C)(C)C. The molecule has 2 heterocycles. The molecule has 3 aromatic carbocycles. The van der Waals surface area contributed by atoms with Crippen molar-refractivity contribution >= 4 is 34.8 Å². The maximum atomic E-state index is 14.3. The average molecular weight is 628 g/mol. The van der Waals surface area contributed by atoms with Crippen molar-refractivity contribution in [2.75, 3.05) is 33.8 Å². The smallest absolute Gasteiger partial charge is 0.245 e. The van der Waals surface area contributed by atoms with E-state index in [4.69, 9.17) is 4.74 Å². The number of carbonyl (C=O) groups excluding carboxylic acids is 4. The standard InChI is InChI=1S/C36H45N5O5/c1-24(37-5)33(44)38-36(23-42,35(2,3)4)40-22-32(43)41-29(20-25-15-16-26-11-7-8-13-28(26)19-25)34(45)39(21-31(40)41)18-17-27-12-9-10-14-30(27)46-6/h7-16,19,23-24,29,31,37H,17-18,20-22H2,1-6H3,(H,38,44)/t24-,29-,31+,36+/m0/s1. The van der Waals surface area contributed by atoms with Gasteiger partial charge >= 0.3 is 0 Å². The Morgan fingerprint density at radius 2 is 1.74 bits per heavy atom. The van der Waals surface area contributed by atoms with Crippen LogP contribution in [0.15, 0.2) is 66.7 Å². The Morgan fingerprint density at radius 1 is 1.04 bits per heavy atom. The number of piperazine rings is 1. The van der Waals surface area contributed by atoms with E-state index in [2.05, 4.69) is 16.7 Å². The van der Waals surface area contributed by atoms with Crippen molar-refractivity contribution in [2.45, 2.75) is 64.4 Å². The topological polar surface area (TPSA) is 111 Å². The van der Waals surface area contributed by atoms with Gasteiger partial charge in [0.2, 0.25) is 17.7 Å². The molecule has 2 aliphatic rings. The lowest BCUT2D eigenvalue weighted by atomic mass is 9.79. The van der Waals surface area contributed by atoms with E-state index in [9.17, 15) is 19.2 Å². The Kier molecular flexibility index (Phi) is 9.51. The fourth-order valence-electron chi connectivity index (χ4n) is 6.73. The zero-order valence-electron chi connectivity index (χ0n) is 27.6. The van der Waals surface area contributed by atoms with Crippen molar-refractivity contribution < 1.29 is 23.9 Å². The first-order valence-electron chi connectivity index (χ1n) is 15.9. The van der Waals surface area contributed by atoms with Gasteiger partial charge in [0.05, 0.1) is 26.2 Å². The minimum atomic E-state index is -1.52. The average Bonchev–Trinajstić information content (AvgIpc) is 3.38. The third-order valence-corrected chi connectivity index (χ3v) is 9.58. The van der Waals surface area contributed by atoms with E-state index in [0.717, 1.165) is 33.9 Å². The van der Waals surface area contributed by atoms with Crippen LogP contribution in [0.1, 0.15) is 38.8 Å². The van der Waals surface area contributed by atoms with E-state index in [0.29, 0.717) is 19.4 Å². The number of aldehydes is 1. The maximum absolute atomic E-state index is 14.3. The quantitative estimate of drug-likeness (QED) is 0.315. The number of nitrogens with zero attached hydrogens (tertiary/aromatic N) is 3. The zero-order valence-corrected chi connectivity index (χ0v) is 27.6. The Morgan fingerprint density at radius 3 is 2.41 bits per heavy atom. The van der Waals surface area contributed by atoms with Crippen molar-refractivity contribution in [3.8, 4) is 5.75 Å². The van der Waals surface area contributed by atoms with Crippen molar-refractivity contribution in [1.29, 1.82) is 0 Å². The molecule has 2 aliphatic heterocycles. The van der Waals surface area contributed by atoms with E-state index in [-0.39, 0.29) is 30.8 Å². The molecule has 2 fully saturated rings. The molecule has 2 N–H and O–H groups in total. The molecule has 0 radical (unpaired) electrons. The van der Waals surface area contributed by atoms with Crippen LogP contribution in [-0.2, 0) is 32.0 Å². The van der Waals surface area contributed by atoms with Gasteiger partial charge in [-0.2, -0.15) is 0 Å². The molecule has 10 heteroatoms. The molecular formula is C36H45N5O5. The van der Waals surface area contributed by atoms with Gasteiger partial charge in [0, 0.05) is 18.4 Å². The molecule has 0 saturated carbocycles. The molecule has 0 aromatic heterocycles. The number of methoxy groups -OCH3 is 1. The van der Waals surface area contributed by atoms with E-state index in [1.807, 2.05) is 81.4 Å². The van der Waals surface area contributed by atoms with Crippen LogP contribution in [0.5, 0.6) is 5.75 Å². The fourth-order valence-corrected chi connectivity index (χ4v) is 6.73. The van der Waals surface area contributed by atoms with Gasteiger partial charge in [0.25, 0.3) is 0 Å². The monoisotopic (exact) mass is 627 g/mol. The molecule has 3 aromatic rings. The summed E-state index contributed by atoms with van der Waals surface area (Å²) in [5.41, 5.74) is -0.420. The Bertz CT molecular complexity index is 1620. The largest absolute Gasteiger partial charge is 0.496 e. The molecule has 4 atom stereocenters. The number of benzene rings is 3. The van der Waals surface area contributed by atoms with Gasteiger partial charge in [0.1, 0.15) is 18.0 Å².